The molecule has 3 rings (SSSR count). The zero-order valence-electron chi connectivity index (χ0n) is 13.0. The van der Waals surface area contributed by atoms with Crippen LogP contribution >= 0.6 is 12.2 Å². The largest absolute Gasteiger partial charge is 0.409 e. The first-order valence-corrected chi connectivity index (χ1v) is 7.82. The van der Waals surface area contributed by atoms with Crippen LogP contribution in [0.3, 0.4) is 0 Å². The van der Waals surface area contributed by atoms with Gasteiger partial charge >= 0.3 is 0 Å². The van der Waals surface area contributed by atoms with E-state index in [1.54, 1.807) is 28.9 Å². The van der Waals surface area contributed by atoms with E-state index in [0.717, 1.165) is 10.5 Å². The standard InChI is InChI=1S/C17H15F2N3OS/c1-21(10-12-2-6-14(18)7-3-12)11-22-17(24)23-16(20-22)13-4-8-15(19)9-5-13/h2-9H,10-11H2,1H3/p+1. The summed E-state index contributed by atoms with van der Waals surface area (Å²) in [7, 11) is 1.98. The monoisotopic (exact) mass is 348 g/mol. The van der Waals surface area contributed by atoms with Gasteiger partial charge in [0.25, 0.3) is 4.84 Å². The van der Waals surface area contributed by atoms with Crippen molar-refractivity contribution in [3.8, 4) is 11.5 Å². The Morgan fingerprint density at radius 1 is 1.04 bits per heavy atom. The van der Waals surface area contributed by atoms with Gasteiger partial charge in [0, 0.05) is 11.1 Å². The van der Waals surface area contributed by atoms with Crippen molar-refractivity contribution < 1.29 is 18.1 Å². The van der Waals surface area contributed by atoms with Gasteiger partial charge < -0.3 is 9.32 Å². The van der Waals surface area contributed by atoms with Crippen LogP contribution in [0.5, 0.6) is 0 Å². The van der Waals surface area contributed by atoms with Gasteiger partial charge in [-0.2, -0.15) is 4.68 Å². The predicted octanol–water partition coefficient (Wildman–Crippen LogP) is 2.82. The highest BCUT2D eigenvalue weighted by molar-refractivity contribution is 7.71. The fraction of sp³-hybridized carbons (Fsp3) is 0.176. The molecule has 0 saturated heterocycles. The van der Waals surface area contributed by atoms with Crippen LogP contribution in [0.4, 0.5) is 8.78 Å². The number of rotatable bonds is 5. The molecule has 1 unspecified atom stereocenters. The molecule has 0 fully saturated rings. The van der Waals surface area contributed by atoms with Crippen molar-refractivity contribution in [1.82, 2.24) is 9.78 Å². The summed E-state index contributed by atoms with van der Waals surface area (Å²) in [5.41, 5.74) is 1.68. The fourth-order valence-corrected chi connectivity index (χ4v) is 2.56. The lowest BCUT2D eigenvalue weighted by atomic mass is 10.2. The molecule has 0 radical (unpaired) electrons. The molecule has 2 aromatic carbocycles. The molecule has 0 aliphatic carbocycles. The minimum Gasteiger partial charge on any atom is -0.409 e. The third kappa shape index (κ3) is 3.93. The minimum atomic E-state index is -0.319. The van der Waals surface area contributed by atoms with Crippen LogP contribution in [-0.4, -0.2) is 16.8 Å². The zero-order valence-corrected chi connectivity index (χ0v) is 13.8. The van der Waals surface area contributed by atoms with Crippen molar-refractivity contribution in [3.63, 3.8) is 0 Å². The molecule has 1 heterocycles. The first kappa shape index (κ1) is 16.5. The van der Waals surface area contributed by atoms with Gasteiger partial charge in [-0.05, 0) is 48.6 Å². The maximum Gasteiger partial charge on any atom is 0.292 e. The van der Waals surface area contributed by atoms with Crippen LogP contribution in [0.2, 0.25) is 0 Å². The molecule has 0 aliphatic heterocycles. The normalized spacial score (nSPS) is 12.3. The van der Waals surface area contributed by atoms with Crippen molar-refractivity contribution in [2.24, 2.45) is 0 Å². The Labute approximate surface area is 143 Å². The molecular formula is C17H16F2N3OS+. The number of aromatic nitrogens is 2. The van der Waals surface area contributed by atoms with Gasteiger partial charge in [0.05, 0.1) is 7.05 Å². The summed E-state index contributed by atoms with van der Waals surface area (Å²) >= 11 is 5.20. The Morgan fingerprint density at radius 2 is 1.62 bits per heavy atom. The molecule has 0 amide bonds. The lowest BCUT2D eigenvalue weighted by Crippen LogP contribution is -3.07. The van der Waals surface area contributed by atoms with E-state index in [9.17, 15) is 8.78 Å². The maximum atomic E-state index is 13.0. The lowest BCUT2D eigenvalue weighted by molar-refractivity contribution is -0.917. The van der Waals surface area contributed by atoms with Gasteiger partial charge in [-0.25, -0.2) is 8.78 Å². The van der Waals surface area contributed by atoms with Crippen molar-refractivity contribution in [2.75, 3.05) is 7.05 Å². The molecule has 7 heteroatoms. The van der Waals surface area contributed by atoms with E-state index in [-0.39, 0.29) is 16.5 Å². The van der Waals surface area contributed by atoms with Crippen LogP contribution in [0.1, 0.15) is 5.56 Å². The summed E-state index contributed by atoms with van der Waals surface area (Å²) in [6, 6.07) is 12.3. The summed E-state index contributed by atoms with van der Waals surface area (Å²) in [4.78, 5) is 1.37. The highest BCUT2D eigenvalue weighted by Gasteiger charge is 2.12. The van der Waals surface area contributed by atoms with Gasteiger partial charge in [-0.1, -0.05) is 12.1 Å². The second-order valence-electron chi connectivity index (χ2n) is 5.60. The molecule has 3 aromatic rings. The Kier molecular flexibility index (Phi) is 4.82. The van der Waals surface area contributed by atoms with Gasteiger partial charge in [-0.15, -0.1) is 5.10 Å². The second kappa shape index (κ2) is 7.02. The fourth-order valence-electron chi connectivity index (χ4n) is 2.38. The first-order chi connectivity index (χ1) is 11.5. The second-order valence-corrected chi connectivity index (χ2v) is 5.95. The number of hydrogen-bond acceptors (Lipinski definition) is 3. The van der Waals surface area contributed by atoms with E-state index in [1.165, 1.54) is 24.3 Å². The molecule has 0 aliphatic rings. The number of quaternary nitrogens is 1. The number of halogens is 2. The summed E-state index contributed by atoms with van der Waals surface area (Å²) in [5.74, 6) is -0.214. The Hall–Kier alpha value is -2.38. The molecule has 0 bridgehead atoms. The van der Waals surface area contributed by atoms with Crippen LogP contribution in [0.15, 0.2) is 52.9 Å². The topological polar surface area (TPSA) is 35.4 Å². The van der Waals surface area contributed by atoms with Crippen LogP contribution in [0.25, 0.3) is 11.5 Å². The zero-order chi connectivity index (χ0) is 17.1. The molecule has 24 heavy (non-hydrogen) atoms. The maximum absolute atomic E-state index is 13.0. The number of nitrogens with zero attached hydrogens (tertiary/aromatic N) is 2. The van der Waals surface area contributed by atoms with E-state index in [2.05, 4.69) is 5.10 Å². The van der Waals surface area contributed by atoms with E-state index in [4.69, 9.17) is 16.6 Å². The Balaban J connectivity index is 1.72. The summed E-state index contributed by atoms with van der Waals surface area (Å²) in [5, 5.41) is 4.35. The van der Waals surface area contributed by atoms with E-state index in [1.807, 2.05) is 7.05 Å². The average molecular weight is 348 g/mol. The lowest BCUT2D eigenvalue weighted by Gasteiger charge is -2.13. The third-order valence-corrected chi connectivity index (χ3v) is 3.83. The summed E-state index contributed by atoms with van der Waals surface area (Å²) < 4.78 is 33.0. The van der Waals surface area contributed by atoms with Gasteiger partial charge in [0.1, 0.15) is 18.2 Å². The molecule has 1 atom stereocenters. The minimum absolute atomic E-state index is 0.251. The molecule has 0 spiro atoms. The first-order valence-electron chi connectivity index (χ1n) is 7.41. The SMILES string of the molecule is C[NH+](Cc1ccc(F)cc1)Cn1nc(-c2ccc(F)cc2)oc1=S. The van der Waals surface area contributed by atoms with Gasteiger partial charge in [-0.3, -0.25) is 0 Å². The Morgan fingerprint density at radius 3 is 2.25 bits per heavy atom. The highest BCUT2D eigenvalue weighted by atomic mass is 32.1. The number of benzene rings is 2. The van der Waals surface area contributed by atoms with Gasteiger partial charge in [0.2, 0.25) is 5.89 Å². The average Bonchev–Trinajstić information content (AvgIpc) is 2.91. The van der Waals surface area contributed by atoms with E-state index >= 15 is 0 Å². The van der Waals surface area contributed by atoms with Crippen LogP contribution < -0.4 is 4.90 Å². The van der Waals surface area contributed by atoms with Gasteiger partial charge in [0.15, 0.2) is 6.67 Å². The summed E-state index contributed by atoms with van der Waals surface area (Å²) in [6.07, 6.45) is 0. The molecule has 1 N–H and O–H groups in total. The van der Waals surface area contributed by atoms with Crippen LogP contribution in [-0.2, 0) is 13.2 Å². The molecule has 124 valence electrons. The molecule has 4 nitrogen and oxygen atoms in total. The Bertz CT molecular complexity index is 872. The molecular weight excluding hydrogens is 332 g/mol. The number of hydrogen-bond donors (Lipinski definition) is 1. The molecule has 0 saturated carbocycles. The van der Waals surface area contributed by atoms with Crippen molar-refractivity contribution in [2.45, 2.75) is 13.2 Å². The van der Waals surface area contributed by atoms with Crippen molar-refractivity contribution >= 4 is 12.2 Å². The number of nitrogens with one attached hydrogen (secondary N) is 1. The van der Waals surface area contributed by atoms with Crippen LogP contribution in [0, 0.1) is 16.5 Å². The smallest absolute Gasteiger partial charge is 0.292 e. The third-order valence-electron chi connectivity index (χ3n) is 3.54. The quantitative estimate of drug-likeness (QED) is 0.720. The highest BCUT2D eigenvalue weighted by Crippen LogP contribution is 2.17. The van der Waals surface area contributed by atoms with E-state index in [0.29, 0.717) is 24.7 Å². The van der Waals surface area contributed by atoms with Crippen molar-refractivity contribution in [1.29, 1.82) is 0 Å². The van der Waals surface area contributed by atoms with E-state index < -0.39 is 0 Å². The predicted molar refractivity (Wildman–Crippen MR) is 87.7 cm³/mol. The molecule has 1 aromatic heterocycles. The van der Waals surface area contributed by atoms with Crippen molar-refractivity contribution in [3.05, 3.63) is 70.6 Å². The summed E-state index contributed by atoms with van der Waals surface area (Å²) in [6.45, 7) is 1.20.